The number of carbonyl (C=O) groups excluding carboxylic acids is 1. The first-order valence-corrected chi connectivity index (χ1v) is 8.76. The Hall–Kier alpha value is -2.67. The molecule has 25 heavy (non-hydrogen) atoms. The number of amides is 1. The van der Waals surface area contributed by atoms with Crippen molar-refractivity contribution < 1.29 is 13.6 Å². The summed E-state index contributed by atoms with van der Waals surface area (Å²) >= 11 is 1.36. The number of hydrogen-bond donors (Lipinski definition) is 1. The SMILES string of the molecule is CN(CCCNC(=O)c1csc(-c2ccco2)n1)c1ccccc1F. The summed E-state index contributed by atoms with van der Waals surface area (Å²) in [7, 11) is 1.83. The molecule has 0 aliphatic heterocycles. The van der Waals surface area contributed by atoms with Gasteiger partial charge in [0.05, 0.1) is 12.0 Å². The van der Waals surface area contributed by atoms with E-state index in [1.807, 2.05) is 11.9 Å². The van der Waals surface area contributed by atoms with Gasteiger partial charge in [-0.1, -0.05) is 12.1 Å². The molecule has 7 heteroatoms. The molecule has 0 saturated heterocycles. The van der Waals surface area contributed by atoms with Gasteiger partial charge in [0.2, 0.25) is 0 Å². The van der Waals surface area contributed by atoms with Crippen molar-refractivity contribution in [3.63, 3.8) is 0 Å². The quantitative estimate of drug-likeness (QED) is 0.652. The van der Waals surface area contributed by atoms with Crippen molar-refractivity contribution in [2.24, 2.45) is 0 Å². The van der Waals surface area contributed by atoms with E-state index in [1.165, 1.54) is 17.4 Å². The van der Waals surface area contributed by atoms with Gasteiger partial charge in [-0.15, -0.1) is 11.3 Å². The van der Waals surface area contributed by atoms with E-state index in [0.29, 0.717) is 41.7 Å². The Morgan fingerprint density at radius 3 is 2.92 bits per heavy atom. The second-order valence-corrected chi connectivity index (χ2v) is 6.36. The maximum Gasteiger partial charge on any atom is 0.270 e. The standard InChI is InChI=1S/C18H18FN3O2S/c1-22(15-7-3-2-6-13(15)19)10-5-9-20-17(23)14-12-25-18(21-14)16-8-4-11-24-16/h2-4,6-8,11-12H,5,9-10H2,1H3,(H,20,23). The lowest BCUT2D eigenvalue weighted by atomic mass is 10.2. The molecular formula is C18H18FN3O2S. The lowest BCUT2D eigenvalue weighted by Crippen LogP contribution is -2.28. The van der Waals surface area contributed by atoms with E-state index in [0.717, 1.165) is 0 Å². The van der Waals surface area contributed by atoms with Crippen molar-refractivity contribution in [2.75, 3.05) is 25.0 Å². The van der Waals surface area contributed by atoms with E-state index in [9.17, 15) is 9.18 Å². The molecule has 2 aromatic heterocycles. The number of nitrogens with one attached hydrogen (secondary N) is 1. The van der Waals surface area contributed by atoms with Crippen LogP contribution in [0.25, 0.3) is 10.8 Å². The third-order valence-corrected chi connectivity index (χ3v) is 4.55. The molecule has 0 aliphatic rings. The van der Waals surface area contributed by atoms with Gasteiger partial charge in [-0.2, -0.15) is 0 Å². The van der Waals surface area contributed by atoms with Gasteiger partial charge in [0.25, 0.3) is 5.91 Å². The molecule has 3 aromatic rings. The lowest BCUT2D eigenvalue weighted by molar-refractivity contribution is 0.0949. The maximum atomic E-state index is 13.7. The minimum Gasteiger partial charge on any atom is -0.462 e. The normalized spacial score (nSPS) is 10.6. The van der Waals surface area contributed by atoms with Gasteiger partial charge in [-0.3, -0.25) is 4.79 Å². The molecule has 1 aromatic carbocycles. The molecule has 2 heterocycles. The Morgan fingerprint density at radius 2 is 2.16 bits per heavy atom. The van der Waals surface area contributed by atoms with Gasteiger partial charge in [-0.25, -0.2) is 9.37 Å². The number of rotatable bonds is 7. The highest BCUT2D eigenvalue weighted by Crippen LogP contribution is 2.23. The molecule has 0 atom stereocenters. The van der Waals surface area contributed by atoms with Crippen molar-refractivity contribution in [1.82, 2.24) is 10.3 Å². The predicted molar refractivity (Wildman–Crippen MR) is 96.4 cm³/mol. The molecule has 130 valence electrons. The number of para-hydroxylation sites is 1. The van der Waals surface area contributed by atoms with Gasteiger partial charge in [0, 0.05) is 25.5 Å². The summed E-state index contributed by atoms with van der Waals surface area (Å²) < 4.78 is 19.0. The van der Waals surface area contributed by atoms with Gasteiger partial charge in [0.1, 0.15) is 11.5 Å². The molecule has 1 amide bonds. The smallest absolute Gasteiger partial charge is 0.270 e. The Balaban J connectivity index is 1.46. The largest absolute Gasteiger partial charge is 0.462 e. The highest BCUT2D eigenvalue weighted by molar-refractivity contribution is 7.13. The average molecular weight is 359 g/mol. The van der Waals surface area contributed by atoms with Crippen LogP contribution in [0.1, 0.15) is 16.9 Å². The number of aromatic nitrogens is 1. The van der Waals surface area contributed by atoms with Crippen LogP contribution in [-0.4, -0.2) is 31.0 Å². The maximum absolute atomic E-state index is 13.7. The Labute approximate surface area is 149 Å². The van der Waals surface area contributed by atoms with Crippen LogP contribution < -0.4 is 10.2 Å². The van der Waals surface area contributed by atoms with Crippen LogP contribution in [0.3, 0.4) is 0 Å². The molecule has 0 aliphatic carbocycles. The first kappa shape index (κ1) is 17.2. The average Bonchev–Trinajstić information content (AvgIpc) is 3.29. The Morgan fingerprint density at radius 1 is 1.32 bits per heavy atom. The third-order valence-electron chi connectivity index (χ3n) is 3.69. The summed E-state index contributed by atoms with van der Waals surface area (Å²) in [5, 5.41) is 5.22. The Bertz CT molecular complexity index is 832. The summed E-state index contributed by atoms with van der Waals surface area (Å²) in [5.41, 5.74) is 0.926. The zero-order valence-electron chi connectivity index (χ0n) is 13.7. The van der Waals surface area contributed by atoms with E-state index < -0.39 is 0 Å². The van der Waals surface area contributed by atoms with Crippen LogP contribution in [0.2, 0.25) is 0 Å². The van der Waals surface area contributed by atoms with Crippen LogP contribution in [0.15, 0.2) is 52.5 Å². The van der Waals surface area contributed by atoms with E-state index in [2.05, 4.69) is 10.3 Å². The first-order valence-electron chi connectivity index (χ1n) is 7.88. The number of nitrogens with zero attached hydrogens (tertiary/aromatic N) is 2. The molecule has 0 spiro atoms. The monoisotopic (exact) mass is 359 g/mol. The summed E-state index contributed by atoms with van der Waals surface area (Å²) in [5.74, 6) is 0.181. The topological polar surface area (TPSA) is 58.4 Å². The molecule has 0 fully saturated rings. The van der Waals surface area contributed by atoms with Gasteiger partial charge in [-0.05, 0) is 30.7 Å². The van der Waals surface area contributed by atoms with Crippen LogP contribution in [0.4, 0.5) is 10.1 Å². The predicted octanol–water partition coefficient (Wildman–Crippen LogP) is 3.80. The third kappa shape index (κ3) is 4.24. The summed E-state index contributed by atoms with van der Waals surface area (Å²) in [4.78, 5) is 18.2. The highest BCUT2D eigenvalue weighted by atomic mass is 32.1. The number of hydrogen-bond acceptors (Lipinski definition) is 5. The fourth-order valence-electron chi connectivity index (χ4n) is 2.38. The molecule has 0 saturated carbocycles. The second kappa shape index (κ2) is 7.94. The number of benzene rings is 1. The second-order valence-electron chi connectivity index (χ2n) is 5.50. The van der Waals surface area contributed by atoms with Crippen LogP contribution in [0.5, 0.6) is 0 Å². The van der Waals surface area contributed by atoms with E-state index >= 15 is 0 Å². The number of halogens is 1. The Kier molecular flexibility index (Phi) is 5.45. The summed E-state index contributed by atoms with van der Waals surface area (Å²) in [6.45, 7) is 1.13. The van der Waals surface area contributed by atoms with Crippen molar-refractivity contribution in [1.29, 1.82) is 0 Å². The molecule has 1 N–H and O–H groups in total. The van der Waals surface area contributed by atoms with Gasteiger partial charge >= 0.3 is 0 Å². The van der Waals surface area contributed by atoms with Gasteiger partial charge < -0.3 is 14.6 Å². The molecule has 0 radical (unpaired) electrons. The summed E-state index contributed by atoms with van der Waals surface area (Å²) in [6, 6.07) is 10.2. The van der Waals surface area contributed by atoms with E-state index in [1.54, 1.807) is 42.0 Å². The fraction of sp³-hybridized carbons (Fsp3) is 0.222. The highest BCUT2D eigenvalue weighted by Gasteiger charge is 2.13. The number of thiazole rings is 1. The lowest BCUT2D eigenvalue weighted by Gasteiger charge is -2.19. The van der Waals surface area contributed by atoms with Crippen molar-refractivity contribution in [2.45, 2.75) is 6.42 Å². The minimum absolute atomic E-state index is 0.220. The van der Waals surface area contributed by atoms with Crippen LogP contribution in [0, 0.1) is 5.82 Å². The number of anilines is 1. The van der Waals surface area contributed by atoms with Crippen LogP contribution in [-0.2, 0) is 0 Å². The number of carbonyl (C=O) groups is 1. The first-order chi connectivity index (χ1) is 12.1. The van der Waals surface area contributed by atoms with Crippen molar-refractivity contribution in [3.05, 3.63) is 59.6 Å². The molecular weight excluding hydrogens is 341 g/mol. The number of furan rings is 1. The molecule has 0 bridgehead atoms. The molecule has 5 nitrogen and oxygen atoms in total. The molecule has 0 unspecified atom stereocenters. The zero-order valence-corrected chi connectivity index (χ0v) is 14.6. The van der Waals surface area contributed by atoms with Crippen molar-refractivity contribution in [3.8, 4) is 10.8 Å². The fourth-order valence-corrected chi connectivity index (χ4v) is 3.15. The minimum atomic E-state index is -0.248. The summed E-state index contributed by atoms with van der Waals surface area (Å²) in [6.07, 6.45) is 2.27. The van der Waals surface area contributed by atoms with Gasteiger partial charge in [0.15, 0.2) is 10.8 Å². The van der Waals surface area contributed by atoms with E-state index in [4.69, 9.17) is 4.42 Å². The van der Waals surface area contributed by atoms with Crippen LogP contribution >= 0.6 is 11.3 Å². The van der Waals surface area contributed by atoms with Crippen molar-refractivity contribution >= 4 is 22.9 Å². The zero-order chi connectivity index (χ0) is 17.6. The van der Waals surface area contributed by atoms with E-state index in [-0.39, 0.29) is 11.7 Å². The molecule has 3 rings (SSSR count).